The summed E-state index contributed by atoms with van der Waals surface area (Å²) in [5.74, 6) is 2.13. The number of amides is 1. The molecule has 8 heteroatoms. The Bertz CT molecular complexity index is 731. The molecule has 138 valence electrons. The van der Waals surface area contributed by atoms with Crippen molar-refractivity contribution in [3.8, 4) is 0 Å². The molecular formula is C18H22N4O4. The number of aromatic nitrogens is 2. The van der Waals surface area contributed by atoms with Gasteiger partial charge < -0.3 is 23.7 Å². The molecule has 0 saturated carbocycles. The fourth-order valence-electron chi connectivity index (χ4n) is 3.27. The molecule has 0 aliphatic carbocycles. The zero-order valence-electron chi connectivity index (χ0n) is 14.5. The van der Waals surface area contributed by atoms with Crippen LogP contribution in [0.1, 0.15) is 17.6 Å². The molecule has 2 aliphatic rings. The van der Waals surface area contributed by atoms with Crippen LogP contribution in [0.5, 0.6) is 0 Å². The van der Waals surface area contributed by atoms with Gasteiger partial charge in [0.2, 0.25) is 5.91 Å². The number of anilines is 1. The number of furan rings is 1. The number of carbonyl (C=O) groups excluding carboxylic acids is 1. The number of hydrogen-bond acceptors (Lipinski definition) is 7. The van der Waals surface area contributed by atoms with Crippen LogP contribution in [0.2, 0.25) is 0 Å². The van der Waals surface area contributed by atoms with Gasteiger partial charge in [0.1, 0.15) is 17.6 Å². The van der Waals surface area contributed by atoms with Crippen LogP contribution in [0, 0.1) is 0 Å². The second-order valence-electron chi connectivity index (χ2n) is 6.31. The number of morpholine rings is 2. The average Bonchev–Trinajstić information content (AvgIpc) is 3.22. The van der Waals surface area contributed by atoms with Gasteiger partial charge in [0.05, 0.1) is 39.1 Å². The Hall–Kier alpha value is -2.45. The molecule has 0 bridgehead atoms. The first kappa shape index (κ1) is 17.0. The Labute approximate surface area is 151 Å². The third kappa shape index (κ3) is 3.71. The van der Waals surface area contributed by atoms with Gasteiger partial charge in [-0.2, -0.15) is 0 Å². The molecule has 0 spiro atoms. The molecule has 2 aromatic rings. The van der Waals surface area contributed by atoms with Gasteiger partial charge in [-0.15, -0.1) is 0 Å². The summed E-state index contributed by atoms with van der Waals surface area (Å²) < 4.78 is 16.3. The van der Waals surface area contributed by atoms with Crippen molar-refractivity contribution in [3.05, 3.63) is 42.2 Å². The van der Waals surface area contributed by atoms with E-state index < -0.39 is 0 Å². The van der Waals surface area contributed by atoms with Crippen molar-refractivity contribution < 1.29 is 18.7 Å². The standard InChI is InChI=1S/C18H22N4O4/c23-17(12-14-2-1-8-26-14)22-7-11-25-13-15(22)18-19-4-3-16(20-18)21-5-9-24-10-6-21/h1-4,8,15H,5-7,9-13H2/t15-/m0/s1. The minimum Gasteiger partial charge on any atom is -0.469 e. The van der Waals surface area contributed by atoms with E-state index in [1.807, 2.05) is 12.1 Å². The third-order valence-corrected chi connectivity index (χ3v) is 4.65. The molecule has 0 aromatic carbocycles. The van der Waals surface area contributed by atoms with Gasteiger partial charge in [-0.1, -0.05) is 0 Å². The van der Waals surface area contributed by atoms with E-state index in [0.29, 0.717) is 44.6 Å². The monoisotopic (exact) mass is 358 g/mol. The van der Waals surface area contributed by atoms with Gasteiger partial charge in [0.15, 0.2) is 5.82 Å². The molecule has 4 rings (SSSR count). The van der Waals surface area contributed by atoms with Crippen LogP contribution in [0.3, 0.4) is 0 Å². The summed E-state index contributed by atoms with van der Waals surface area (Å²) in [4.78, 5) is 25.9. The molecule has 2 aromatic heterocycles. The van der Waals surface area contributed by atoms with Gasteiger partial charge in [0, 0.05) is 25.8 Å². The fourth-order valence-corrected chi connectivity index (χ4v) is 3.27. The van der Waals surface area contributed by atoms with Gasteiger partial charge in [-0.05, 0) is 18.2 Å². The SMILES string of the molecule is O=C(Cc1ccco1)N1CCOC[C@H]1c1nccc(N2CCOCC2)n1. The quantitative estimate of drug-likeness (QED) is 0.808. The zero-order chi connectivity index (χ0) is 17.8. The molecule has 4 heterocycles. The number of ether oxygens (including phenoxy) is 2. The van der Waals surface area contributed by atoms with Crippen LogP contribution in [0.25, 0.3) is 0 Å². The molecular weight excluding hydrogens is 336 g/mol. The van der Waals surface area contributed by atoms with E-state index in [1.54, 1.807) is 23.4 Å². The molecule has 2 fully saturated rings. The highest BCUT2D eigenvalue weighted by molar-refractivity contribution is 5.78. The molecule has 0 unspecified atom stereocenters. The Morgan fingerprint density at radius 1 is 1.15 bits per heavy atom. The Morgan fingerprint density at radius 2 is 2.00 bits per heavy atom. The van der Waals surface area contributed by atoms with E-state index in [1.165, 1.54) is 0 Å². The van der Waals surface area contributed by atoms with E-state index in [9.17, 15) is 4.79 Å². The Balaban J connectivity index is 1.53. The lowest BCUT2D eigenvalue weighted by Gasteiger charge is -2.35. The van der Waals surface area contributed by atoms with Crippen LogP contribution in [0.15, 0.2) is 35.1 Å². The van der Waals surface area contributed by atoms with Crippen molar-refractivity contribution in [3.63, 3.8) is 0 Å². The Kier molecular flexibility index (Phi) is 5.12. The van der Waals surface area contributed by atoms with Crippen molar-refractivity contribution in [1.29, 1.82) is 0 Å². The van der Waals surface area contributed by atoms with E-state index in [2.05, 4.69) is 9.88 Å². The van der Waals surface area contributed by atoms with Crippen LogP contribution >= 0.6 is 0 Å². The summed E-state index contributed by atoms with van der Waals surface area (Å²) in [7, 11) is 0. The summed E-state index contributed by atoms with van der Waals surface area (Å²) in [5.41, 5.74) is 0. The van der Waals surface area contributed by atoms with Crippen molar-refractivity contribution in [1.82, 2.24) is 14.9 Å². The second kappa shape index (κ2) is 7.84. The Morgan fingerprint density at radius 3 is 2.81 bits per heavy atom. The maximum atomic E-state index is 12.8. The van der Waals surface area contributed by atoms with Gasteiger partial charge >= 0.3 is 0 Å². The van der Waals surface area contributed by atoms with Crippen LogP contribution in [-0.2, 0) is 20.7 Å². The summed E-state index contributed by atoms with van der Waals surface area (Å²) in [6.07, 6.45) is 3.55. The molecule has 8 nitrogen and oxygen atoms in total. The van der Waals surface area contributed by atoms with E-state index in [0.717, 1.165) is 18.9 Å². The zero-order valence-corrected chi connectivity index (χ0v) is 14.5. The van der Waals surface area contributed by atoms with Crippen LogP contribution in [-0.4, -0.2) is 66.8 Å². The molecule has 2 saturated heterocycles. The molecule has 2 aliphatic heterocycles. The first-order valence-corrected chi connectivity index (χ1v) is 8.86. The first-order chi connectivity index (χ1) is 12.8. The lowest BCUT2D eigenvalue weighted by Crippen LogP contribution is -2.45. The van der Waals surface area contributed by atoms with E-state index in [-0.39, 0.29) is 18.4 Å². The van der Waals surface area contributed by atoms with Crippen molar-refractivity contribution in [2.75, 3.05) is 51.0 Å². The number of rotatable bonds is 4. The second-order valence-corrected chi connectivity index (χ2v) is 6.31. The summed E-state index contributed by atoms with van der Waals surface area (Å²) in [6, 6.07) is 5.21. The minimum atomic E-state index is -0.285. The average molecular weight is 358 g/mol. The molecule has 0 radical (unpaired) electrons. The molecule has 1 atom stereocenters. The highest BCUT2D eigenvalue weighted by Crippen LogP contribution is 2.24. The number of nitrogens with zero attached hydrogens (tertiary/aromatic N) is 4. The maximum absolute atomic E-state index is 12.8. The van der Waals surface area contributed by atoms with E-state index in [4.69, 9.17) is 18.9 Å². The molecule has 1 amide bonds. The van der Waals surface area contributed by atoms with E-state index >= 15 is 0 Å². The summed E-state index contributed by atoms with van der Waals surface area (Å²) in [6.45, 7) is 4.44. The van der Waals surface area contributed by atoms with Crippen LogP contribution in [0.4, 0.5) is 5.82 Å². The number of hydrogen-bond donors (Lipinski definition) is 0. The highest BCUT2D eigenvalue weighted by Gasteiger charge is 2.31. The maximum Gasteiger partial charge on any atom is 0.230 e. The fraction of sp³-hybridized carbons (Fsp3) is 0.500. The lowest BCUT2D eigenvalue weighted by molar-refractivity contribution is -0.140. The predicted octanol–water partition coefficient (Wildman–Crippen LogP) is 1.05. The summed E-state index contributed by atoms with van der Waals surface area (Å²) in [5, 5.41) is 0. The van der Waals surface area contributed by atoms with Crippen molar-refractivity contribution in [2.24, 2.45) is 0 Å². The highest BCUT2D eigenvalue weighted by atomic mass is 16.5. The largest absolute Gasteiger partial charge is 0.469 e. The first-order valence-electron chi connectivity index (χ1n) is 8.86. The molecule has 26 heavy (non-hydrogen) atoms. The normalized spacial score (nSPS) is 21.0. The predicted molar refractivity (Wildman–Crippen MR) is 92.7 cm³/mol. The van der Waals surface area contributed by atoms with Gasteiger partial charge in [-0.25, -0.2) is 9.97 Å². The third-order valence-electron chi connectivity index (χ3n) is 4.65. The topological polar surface area (TPSA) is 80.9 Å². The van der Waals surface area contributed by atoms with Crippen molar-refractivity contribution in [2.45, 2.75) is 12.5 Å². The van der Waals surface area contributed by atoms with Gasteiger partial charge in [0.25, 0.3) is 0 Å². The molecule has 0 N–H and O–H groups in total. The van der Waals surface area contributed by atoms with Crippen molar-refractivity contribution >= 4 is 11.7 Å². The lowest BCUT2D eigenvalue weighted by atomic mass is 10.1. The van der Waals surface area contributed by atoms with Gasteiger partial charge in [-0.3, -0.25) is 4.79 Å². The smallest absolute Gasteiger partial charge is 0.230 e. The minimum absolute atomic E-state index is 0.00590. The summed E-state index contributed by atoms with van der Waals surface area (Å²) >= 11 is 0. The van der Waals surface area contributed by atoms with Crippen LogP contribution < -0.4 is 4.90 Å². The number of carbonyl (C=O) groups is 1.